The van der Waals surface area contributed by atoms with Crippen molar-refractivity contribution < 1.29 is 9.13 Å². The number of rotatable bonds is 1. The predicted octanol–water partition coefficient (Wildman–Crippen LogP) is 1.70. The van der Waals surface area contributed by atoms with Gasteiger partial charge in [-0.2, -0.15) is 0 Å². The molecule has 0 spiro atoms. The van der Waals surface area contributed by atoms with E-state index < -0.39 is 10.7 Å². The van der Waals surface area contributed by atoms with Gasteiger partial charge >= 0.3 is 0 Å². The van der Waals surface area contributed by atoms with Crippen molar-refractivity contribution in [2.24, 2.45) is 0 Å². The Morgan fingerprint density at radius 3 is 2.12 bits per heavy atom. The lowest BCUT2D eigenvalue weighted by molar-refractivity contribution is 0.0642. The summed E-state index contributed by atoms with van der Waals surface area (Å²) in [4.78, 5) is 0. The molecule has 0 aromatic carbocycles. The molecule has 0 aliphatic heterocycles. The number of alkyl halides is 2. The molecule has 0 saturated heterocycles. The van der Waals surface area contributed by atoms with Crippen LogP contribution in [0, 0.1) is 0 Å². The average Bonchev–Trinajstić information content (AvgIpc) is 2.10. The molecule has 1 rings (SSSR count). The summed E-state index contributed by atoms with van der Waals surface area (Å²) in [6, 6.07) is 0. The third-order valence-electron chi connectivity index (χ3n) is 1.66. The van der Waals surface area contributed by atoms with Crippen molar-refractivity contribution in [2.45, 2.75) is 24.1 Å². The maximum absolute atomic E-state index is 12.5. The van der Waals surface area contributed by atoms with E-state index in [-0.39, 0.29) is 0 Å². The molecule has 0 heterocycles. The Balaban J connectivity index is 2.55. The zero-order chi connectivity index (χ0) is 6.41. The van der Waals surface area contributed by atoms with Crippen LogP contribution in [0.2, 0.25) is 0 Å². The van der Waals surface area contributed by atoms with Gasteiger partial charge in [0, 0.05) is 13.5 Å². The van der Waals surface area contributed by atoms with Crippen LogP contribution in [0.5, 0.6) is 0 Å². The van der Waals surface area contributed by atoms with Gasteiger partial charge in [0.15, 0.2) is 0 Å². The van der Waals surface area contributed by atoms with E-state index in [1.165, 1.54) is 7.11 Å². The molecule has 0 amide bonds. The highest BCUT2D eigenvalue weighted by atomic mass is 35.5. The van der Waals surface area contributed by atoms with Crippen LogP contribution in [0.25, 0.3) is 0 Å². The van der Waals surface area contributed by atoms with Gasteiger partial charge in [-0.1, -0.05) is 11.6 Å². The molecule has 0 N–H and O–H groups in total. The summed E-state index contributed by atoms with van der Waals surface area (Å²) < 4.78 is 17.2. The van der Waals surface area contributed by atoms with Crippen LogP contribution in [0.15, 0.2) is 0 Å². The molecular weight excluding hydrogens is 131 g/mol. The van der Waals surface area contributed by atoms with Crippen LogP contribution in [-0.4, -0.2) is 17.8 Å². The van der Waals surface area contributed by atoms with Crippen LogP contribution in [0.4, 0.5) is 4.39 Å². The van der Waals surface area contributed by atoms with Gasteiger partial charge in [0.25, 0.3) is 0 Å². The lowest BCUT2D eigenvalue weighted by atomic mass is 10.4. The lowest BCUT2D eigenvalue weighted by Gasteiger charge is -2.05. The van der Waals surface area contributed by atoms with Gasteiger partial charge < -0.3 is 4.74 Å². The molecule has 1 fully saturated rings. The van der Waals surface area contributed by atoms with E-state index in [9.17, 15) is 4.39 Å². The second-order valence-electron chi connectivity index (χ2n) is 2.32. The molecule has 2 atom stereocenters. The Hall–Kier alpha value is 0.180. The third-order valence-corrected chi connectivity index (χ3v) is 2.19. The van der Waals surface area contributed by atoms with Crippen LogP contribution < -0.4 is 0 Å². The zero-order valence-corrected chi connectivity index (χ0v) is 5.63. The van der Waals surface area contributed by atoms with Crippen molar-refractivity contribution in [3.8, 4) is 0 Å². The third kappa shape index (κ3) is 0.633. The van der Waals surface area contributed by atoms with Crippen LogP contribution >= 0.6 is 11.6 Å². The van der Waals surface area contributed by atoms with Crippen molar-refractivity contribution in [3.05, 3.63) is 0 Å². The second kappa shape index (κ2) is 1.36. The minimum atomic E-state index is -1.60. The van der Waals surface area contributed by atoms with Crippen molar-refractivity contribution in [1.82, 2.24) is 0 Å². The van der Waals surface area contributed by atoms with E-state index >= 15 is 0 Å². The van der Waals surface area contributed by atoms with Crippen LogP contribution in [-0.2, 0) is 4.74 Å². The molecule has 1 nitrogen and oxygen atoms in total. The SMILES string of the molecule is COC1(C)CC1(F)Cl. The quantitative estimate of drug-likeness (QED) is 0.501. The van der Waals surface area contributed by atoms with Gasteiger partial charge in [0.1, 0.15) is 5.60 Å². The maximum atomic E-state index is 12.5. The van der Waals surface area contributed by atoms with E-state index in [1.54, 1.807) is 6.92 Å². The Morgan fingerprint density at radius 2 is 2.12 bits per heavy atom. The number of hydrogen-bond acceptors (Lipinski definition) is 1. The molecule has 1 aliphatic carbocycles. The van der Waals surface area contributed by atoms with Crippen LogP contribution in [0.1, 0.15) is 13.3 Å². The average molecular weight is 139 g/mol. The summed E-state index contributed by atoms with van der Waals surface area (Å²) in [5, 5.41) is -1.60. The summed E-state index contributed by atoms with van der Waals surface area (Å²) in [5.74, 6) is 0. The highest BCUT2D eigenvalue weighted by Gasteiger charge is 2.66. The van der Waals surface area contributed by atoms with E-state index in [0.717, 1.165) is 0 Å². The summed E-state index contributed by atoms with van der Waals surface area (Å²) in [7, 11) is 1.46. The summed E-state index contributed by atoms with van der Waals surface area (Å²) >= 11 is 5.26. The van der Waals surface area contributed by atoms with Crippen molar-refractivity contribution >= 4 is 11.6 Å². The van der Waals surface area contributed by atoms with E-state index in [0.29, 0.717) is 6.42 Å². The van der Waals surface area contributed by atoms with Gasteiger partial charge in [-0.15, -0.1) is 0 Å². The molecule has 1 aliphatic rings. The standard InChI is InChI=1S/C5H8ClFO/c1-4(8-2)3-5(4,6)7/h3H2,1-2H3. The van der Waals surface area contributed by atoms with Gasteiger partial charge in [-0.3, -0.25) is 0 Å². The van der Waals surface area contributed by atoms with Gasteiger partial charge in [-0.25, -0.2) is 4.39 Å². The molecule has 3 heteroatoms. The minimum absolute atomic E-state index is 0.304. The Labute approximate surface area is 52.8 Å². The summed E-state index contributed by atoms with van der Waals surface area (Å²) in [5.41, 5.74) is -0.714. The van der Waals surface area contributed by atoms with Crippen molar-refractivity contribution in [3.63, 3.8) is 0 Å². The fourth-order valence-corrected chi connectivity index (χ4v) is 0.933. The molecule has 2 unspecified atom stereocenters. The van der Waals surface area contributed by atoms with Crippen molar-refractivity contribution in [2.75, 3.05) is 7.11 Å². The fourth-order valence-electron chi connectivity index (χ4n) is 0.601. The number of halogens is 2. The normalized spacial score (nSPS) is 54.0. The molecule has 1 saturated carbocycles. The van der Waals surface area contributed by atoms with Crippen molar-refractivity contribution in [1.29, 1.82) is 0 Å². The molecule has 48 valence electrons. The van der Waals surface area contributed by atoms with E-state index in [4.69, 9.17) is 16.3 Å². The van der Waals surface area contributed by atoms with E-state index in [1.807, 2.05) is 0 Å². The molecule has 0 aromatic rings. The predicted molar refractivity (Wildman–Crippen MR) is 29.7 cm³/mol. The fraction of sp³-hybridized carbons (Fsp3) is 1.00. The molecule has 0 bridgehead atoms. The molecule has 0 aromatic heterocycles. The first-order chi connectivity index (χ1) is 3.52. The Morgan fingerprint density at radius 1 is 1.75 bits per heavy atom. The first-order valence-electron chi connectivity index (χ1n) is 2.45. The highest BCUT2D eigenvalue weighted by Crippen LogP contribution is 2.56. The lowest BCUT2D eigenvalue weighted by Crippen LogP contribution is -2.14. The minimum Gasteiger partial charge on any atom is -0.374 e. The summed E-state index contributed by atoms with van der Waals surface area (Å²) in [6.07, 6.45) is 0.304. The highest BCUT2D eigenvalue weighted by molar-refractivity contribution is 6.26. The number of hydrogen-bond donors (Lipinski definition) is 0. The Bertz CT molecular complexity index is 115. The summed E-state index contributed by atoms with van der Waals surface area (Å²) in [6.45, 7) is 1.65. The van der Waals surface area contributed by atoms with E-state index in [2.05, 4.69) is 0 Å². The van der Waals surface area contributed by atoms with Gasteiger partial charge in [-0.05, 0) is 6.92 Å². The largest absolute Gasteiger partial charge is 0.374 e. The maximum Gasteiger partial charge on any atom is 0.214 e. The molecule has 0 radical (unpaired) electrons. The second-order valence-corrected chi connectivity index (χ2v) is 2.92. The number of methoxy groups -OCH3 is 1. The van der Waals surface area contributed by atoms with Crippen LogP contribution in [0.3, 0.4) is 0 Å². The number of ether oxygens (including phenoxy) is 1. The molecule has 8 heavy (non-hydrogen) atoms. The monoisotopic (exact) mass is 138 g/mol. The van der Waals surface area contributed by atoms with Gasteiger partial charge in [0.2, 0.25) is 5.13 Å². The Kier molecular flexibility index (Phi) is 1.07. The first kappa shape index (κ1) is 6.30. The topological polar surface area (TPSA) is 9.23 Å². The zero-order valence-electron chi connectivity index (χ0n) is 4.87. The molecular formula is C5H8ClFO. The smallest absolute Gasteiger partial charge is 0.214 e. The van der Waals surface area contributed by atoms with Gasteiger partial charge in [0.05, 0.1) is 0 Å². The first-order valence-corrected chi connectivity index (χ1v) is 2.83.